The topological polar surface area (TPSA) is 8.81 Å². The summed E-state index contributed by atoms with van der Waals surface area (Å²) in [6, 6.07) is 0.583. The van der Waals surface area contributed by atoms with Crippen molar-refractivity contribution in [2.24, 2.45) is 17.8 Å². The second-order valence-electron chi connectivity index (χ2n) is 7.50. The molecule has 0 aliphatic heterocycles. The summed E-state index contributed by atoms with van der Waals surface area (Å²) in [5.74, 6) is 3.10. The Labute approximate surface area is 110 Å². The molecule has 1 aromatic heterocycles. The van der Waals surface area contributed by atoms with Crippen LogP contribution in [0.4, 0.5) is 0 Å². The summed E-state index contributed by atoms with van der Waals surface area (Å²) >= 11 is 0. The van der Waals surface area contributed by atoms with E-state index in [2.05, 4.69) is 41.7 Å². The standard InChI is InChI=1S/C16H25N2/c1-12(2)17-3-4-18(11-17)16-8-13-5-14(9-16)7-15(6-13)10-16/h3-4,11-15H,5-10H2,1-2H3/q+1. The maximum absolute atomic E-state index is 2.58. The van der Waals surface area contributed by atoms with Crippen molar-refractivity contribution in [3.63, 3.8) is 0 Å². The molecule has 1 aromatic rings. The fourth-order valence-electron chi connectivity index (χ4n) is 5.34. The van der Waals surface area contributed by atoms with Gasteiger partial charge in [0, 0.05) is 0 Å². The molecule has 0 aromatic carbocycles. The molecule has 4 bridgehead atoms. The van der Waals surface area contributed by atoms with E-state index in [1.54, 1.807) is 0 Å². The molecule has 1 heterocycles. The van der Waals surface area contributed by atoms with E-state index in [1.807, 2.05) is 0 Å². The molecule has 98 valence electrons. The fourth-order valence-corrected chi connectivity index (χ4v) is 5.34. The molecule has 0 saturated heterocycles. The summed E-state index contributed by atoms with van der Waals surface area (Å²) in [6.07, 6.45) is 15.9. The molecule has 0 N–H and O–H groups in total. The number of rotatable bonds is 2. The number of hydrogen-bond donors (Lipinski definition) is 0. The normalized spacial score (nSPS) is 41.8. The smallest absolute Gasteiger partial charge is 0.235 e. The molecule has 4 saturated carbocycles. The van der Waals surface area contributed by atoms with Crippen molar-refractivity contribution < 1.29 is 4.57 Å². The van der Waals surface area contributed by atoms with Crippen LogP contribution in [0.15, 0.2) is 18.7 Å². The molecule has 4 fully saturated rings. The van der Waals surface area contributed by atoms with Crippen LogP contribution >= 0.6 is 0 Å². The van der Waals surface area contributed by atoms with Crippen LogP contribution in [-0.2, 0) is 5.54 Å². The first-order chi connectivity index (χ1) is 8.64. The average Bonchev–Trinajstić information content (AvgIpc) is 2.76. The van der Waals surface area contributed by atoms with Gasteiger partial charge in [0.1, 0.15) is 17.9 Å². The van der Waals surface area contributed by atoms with Crippen LogP contribution in [-0.4, -0.2) is 4.57 Å². The molecule has 4 aliphatic rings. The van der Waals surface area contributed by atoms with Gasteiger partial charge < -0.3 is 0 Å². The van der Waals surface area contributed by atoms with Crippen LogP contribution in [0, 0.1) is 17.8 Å². The first-order valence-electron chi connectivity index (χ1n) is 7.74. The van der Waals surface area contributed by atoms with Gasteiger partial charge in [0.15, 0.2) is 0 Å². The van der Waals surface area contributed by atoms with Crippen LogP contribution in [0.3, 0.4) is 0 Å². The quantitative estimate of drug-likeness (QED) is 0.707. The predicted molar refractivity (Wildman–Crippen MR) is 71.2 cm³/mol. The van der Waals surface area contributed by atoms with E-state index in [4.69, 9.17) is 0 Å². The third-order valence-corrected chi connectivity index (χ3v) is 5.81. The average molecular weight is 245 g/mol. The highest BCUT2D eigenvalue weighted by molar-refractivity contribution is 5.05. The number of nitrogens with zero attached hydrogens (tertiary/aromatic N) is 2. The van der Waals surface area contributed by atoms with Crippen molar-refractivity contribution in [2.45, 2.75) is 64.0 Å². The minimum atomic E-state index is 0.495. The van der Waals surface area contributed by atoms with Gasteiger partial charge in [-0.3, -0.25) is 0 Å². The van der Waals surface area contributed by atoms with Crippen LogP contribution in [0.2, 0.25) is 0 Å². The Morgan fingerprint density at radius 2 is 1.61 bits per heavy atom. The molecule has 2 heteroatoms. The molecule has 5 rings (SSSR count). The summed E-state index contributed by atoms with van der Waals surface area (Å²) in [5.41, 5.74) is 0.495. The fraction of sp³-hybridized carbons (Fsp3) is 0.812. The van der Waals surface area contributed by atoms with E-state index in [-0.39, 0.29) is 0 Å². The Bertz CT molecular complexity index is 422. The first kappa shape index (κ1) is 11.1. The lowest BCUT2D eigenvalue weighted by atomic mass is 9.53. The molecule has 0 spiro atoms. The van der Waals surface area contributed by atoms with E-state index >= 15 is 0 Å². The van der Waals surface area contributed by atoms with Crippen LogP contribution < -0.4 is 4.57 Å². The molecule has 0 atom stereocenters. The number of hydrogen-bond acceptors (Lipinski definition) is 0. The SMILES string of the molecule is CC(C)[n+]1ccn(C23CC4CC(CC(C4)C2)C3)c1. The molecule has 18 heavy (non-hydrogen) atoms. The lowest BCUT2D eigenvalue weighted by Gasteiger charge is -2.54. The van der Waals surface area contributed by atoms with Crippen molar-refractivity contribution in [1.29, 1.82) is 0 Å². The monoisotopic (exact) mass is 245 g/mol. The van der Waals surface area contributed by atoms with Crippen LogP contribution in [0.25, 0.3) is 0 Å². The third-order valence-electron chi connectivity index (χ3n) is 5.81. The summed E-state index contributed by atoms with van der Waals surface area (Å²) in [5, 5.41) is 0. The van der Waals surface area contributed by atoms with E-state index in [0.29, 0.717) is 11.6 Å². The highest BCUT2D eigenvalue weighted by Gasteiger charge is 2.54. The Hall–Kier alpha value is -0.790. The third kappa shape index (κ3) is 1.50. The lowest BCUT2D eigenvalue weighted by molar-refractivity contribution is -0.716. The van der Waals surface area contributed by atoms with Crippen LogP contribution in [0.1, 0.15) is 58.4 Å². The highest BCUT2D eigenvalue weighted by Crippen LogP contribution is 2.58. The molecule has 4 aliphatic carbocycles. The van der Waals surface area contributed by atoms with E-state index in [9.17, 15) is 0 Å². The Kier molecular flexibility index (Phi) is 2.22. The molecule has 0 unspecified atom stereocenters. The Balaban J connectivity index is 1.70. The molecular weight excluding hydrogens is 220 g/mol. The van der Waals surface area contributed by atoms with Gasteiger partial charge in [0.2, 0.25) is 6.33 Å². The van der Waals surface area contributed by atoms with Gasteiger partial charge >= 0.3 is 0 Å². The van der Waals surface area contributed by atoms with Gasteiger partial charge in [-0.05, 0) is 70.1 Å². The van der Waals surface area contributed by atoms with E-state index < -0.39 is 0 Å². The summed E-state index contributed by atoms with van der Waals surface area (Å²) in [4.78, 5) is 0. The van der Waals surface area contributed by atoms with E-state index in [1.165, 1.54) is 38.5 Å². The minimum absolute atomic E-state index is 0.495. The number of imidazole rings is 1. The minimum Gasteiger partial charge on any atom is -0.235 e. The van der Waals surface area contributed by atoms with Crippen molar-refractivity contribution in [3.05, 3.63) is 18.7 Å². The Morgan fingerprint density at radius 1 is 1.06 bits per heavy atom. The molecular formula is C16H25N2+. The summed E-state index contributed by atoms with van der Waals surface area (Å²) < 4.78 is 4.94. The van der Waals surface area contributed by atoms with Gasteiger partial charge in [-0.2, -0.15) is 0 Å². The van der Waals surface area contributed by atoms with Crippen molar-refractivity contribution >= 4 is 0 Å². The van der Waals surface area contributed by atoms with Gasteiger partial charge in [0.25, 0.3) is 0 Å². The zero-order valence-electron chi connectivity index (χ0n) is 11.7. The van der Waals surface area contributed by atoms with Crippen molar-refractivity contribution in [3.8, 4) is 0 Å². The maximum Gasteiger partial charge on any atom is 0.244 e. The second kappa shape index (κ2) is 3.61. The molecule has 0 radical (unpaired) electrons. The zero-order chi connectivity index (χ0) is 12.3. The van der Waals surface area contributed by atoms with Crippen LogP contribution in [0.5, 0.6) is 0 Å². The van der Waals surface area contributed by atoms with Gasteiger partial charge in [-0.25, -0.2) is 9.13 Å². The van der Waals surface area contributed by atoms with Gasteiger partial charge in [0.05, 0.1) is 6.04 Å². The molecule has 0 amide bonds. The predicted octanol–water partition coefficient (Wildman–Crippen LogP) is 3.28. The summed E-state index contributed by atoms with van der Waals surface area (Å²) in [6.45, 7) is 4.54. The Morgan fingerprint density at radius 3 is 2.06 bits per heavy atom. The van der Waals surface area contributed by atoms with Crippen molar-refractivity contribution in [2.75, 3.05) is 0 Å². The largest absolute Gasteiger partial charge is 0.244 e. The van der Waals surface area contributed by atoms with Crippen molar-refractivity contribution in [1.82, 2.24) is 4.57 Å². The number of aromatic nitrogens is 2. The van der Waals surface area contributed by atoms with E-state index in [0.717, 1.165) is 17.8 Å². The maximum atomic E-state index is 2.58. The molecule has 2 nitrogen and oxygen atoms in total. The summed E-state index contributed by atoms with van der Waals surface area (Å²) in [7, 11) is 0. The second-order valence-corrected chi connectivity index (χ2v) is 7.50. The van der Waals surface area contributed by atoms with Gasteiger partial charge in [-0.1, -0.05) is 0 Å². The highest BCUT2D eigenvalue weighted by atomic mass is 15.2. The zero-order valence-corrected chi connectivity index (χ0v) is 11.7. The first-order valence-corrected chi connectivity index (χ1v) is 7.74. The van der Waals surface area contributed by atoms with Gasteiger partial charge in [-0.15, -0.1) is 0 Å². The lowest BCUT2D eigenvalue weighted by Crippen LogP contribution is -2.52.